The first-order valence-electron chi connectivity index (χ1n) is 7.33. The van der Waals surface area contributed by atoms with Gasteiger partial charge in [-0.3, -0.25) is 4.79 Å². The maximum absolute atomic E-state index is 11.5. The Morgan fingerprint density at radius 2 is 1.86 bits per heavy atom. The van der Waals surface area contributed by atoms with Crippen LogP contribution in [-0.4, -0.2) is 32.7 Å². The van der Waals surface area contributed by atoms with Crippen molar-refractivity contribution in [2.75, 3.05) is 26.7 Å². The van der Waals surface area contributed by atoms with Gasteiger partial charge in [0.15, 0.2) is 0 Å². The van der Waals surface area contributed by atoms with Crippen LogP contribution in [0.15, 0.2) is 42.5 Å². The summed E-state index contributed by atoms with van der Waals surface area (Å²) >= 11 is 0. The van der Waals surface area contributed by atoms with Gasteiger partial charge in [-0.05, 0) is 24.9 Å². The van der Waals surface area contributed by atoms with E-state index in [1.54, 1.807) is 0 Å². The first kappa shape index (κ1) is 18.3. The quantitative estimate of drug-likeness (QED) is 0.735. The van der Waals surface area contributed by atoms with Gasteiger partial charge in [-0.15, -0.1) is 12.4 Å². The van der Waals surface area contributed by atoms with E-state index in [2.05, 4.69) is 28.8 Å². The molecule has 0 atom stereocenters. The van der Waals surface area contributed by atoms with E-state index in [4.69, 9.17) is 4.74 Å². The first-order chi connectivity index (χ1) is 10.3. The molecular formula is C17H23ClN2O2. The number of nitrogens with one attached hydrogen (secondary N) is 2. The lowest BCUT2D eigenvalue weighted by Gasteiger charge is -2.09. The molecule has 0 aliphatic heterocycles. The summed E-state index contributed by atoms with van der Waals surface area (Å²) in [6.07, 6.45) is 1.21. The van der Waals surface area contributed by atoms with Gasteiger partial charge in [-0.1, -0.05) is 36.4 Å². The van der Waals surface area contributed by atoms with E-state index in [9.17, 15) is 4.79 Å². The number of fused-ring (bicyclic) bond motifs is 1. The average Bonchev–Trinajstić information content (AvgIpc) is 2.52. The number of halogens is 1. The molecule has 5 heteroatoms. The molecule has 0 fully saturated rings. The molecule has 0 aliphatic carbocycles. The number of amides is 1. The molecule has 0 bridgehead atoms. The first-order valence-corrected chi connectivity index (χ1v) is 7.33. The number of hydrogen-bond donors (Lipinski definition) is 2. The van der Waals surface area contributed by atoms with Gasteiger partial charge < -0.3 is 15.4 Å². The molecule has 2 aromatic carbocycles. The van der Waals surface area contributed by atoms with Crippen LogP contribution in [-0.2, 0) is 4.79 Å². The number of carbonyl (C=O) groups is 1. The van der Waals surface area contributed by atoms with Crippen molar-refractivity contribution in [1.82, 2.24) is 10.6 Å². The van der Waals surface area contributed by atoms with E-state index in [0.29, 0.717) is 26.0 Å². The Morgan fingerprint density at radius 3 is 2.68 bits per heavy atom. The third-order valence-corrected chi connectivity index (χ3v) is 3.25. The largest absolute Gasteiger partial charge is 0.493 e. The molecular weight excluding hydrogens is 300 g/mol. The van der Waals surface area contributed by atoms with Crippen molar-refractivity contribution < 1.29 is 9.53 Å². The highest BCUT2D eigenvalue weighted by Crippen LogP contribution is 2.25. The van der Waals surface area contributed by atoms with Crippen LogP contribution < -0.4 is 15.4 Å². The van der Waals surface area contributed by atoms with Crippen LogP contribution in [0.25, 0.3) is 10.8 Å². The van der Waals surface area contributed by atoms with Gasteiger partial charge in [-0.25, -0.2) is 0 Å². The van der Waals surface area contributed by atoms with Crippen LogP contribution in [0.2, 0.25) is 0 Å². The van der Waals surface area contributed by atoms with Gasteiger partial charge in [0, 0.05) is 24.9 Å². The monoisotopic (exact) mass is 322 g/mol. The molecule has 0 saturated heterocycles. The second-order valence-electron chi connectivity index (χ2n) is 4.88. The van der Waals surface area contributed by atoms with Crippen molar-refractivity contribution in [3.05, 3.63) is 42.5 Å². The maximum Gasteiger partial charge on any atom is 0.220 e. The smallest absolute Gasteiger partial charge is 0.220 e. The fourth-order valence-electron chi connectivity index (χ4n) is 2.15. The summed E-state index contributed by atoms with van der Waals surface area (Å²) in [7, 11) is 1.87. The van der Waals surface area contributed by atoms with E-state index < -0.39 is 0 Å². The van der Waals surface area contributed by atoms with Crippen LogP contribution >= 0.6 is 12.4 Å². The minimum atomic E-state index is 0. The minimum absolute atomic E-state index is 0. The fourth-order valence-corrected chi connectivity index (χ4v) is 2.15. The Morgan fingerprint density at radius 1 is 1.09 bits per heavy atom. The molecule has 0 radical (unpaired) electrons. The second-order valence-corrected chi connectivity index (χ2v) is 4.88. The zero-order valence-electron chi connectivity index (χ0n) is 12.8. The van der Waals surface area contributed by atoms with Crippen LogP contribution in [0, 0.1) is 0 Å². The van der Waals surface area contributed by atoms with Crippen LogP contribution in [0.1, 0.15) is 12.8 Å². The highest BCUT2D eigenvalue weighted by molar-refractivity contribution is 5.88. The Hall–Kier alpha value is -1.78. The number of rotatable bonds is 8. The topological polar surface area (TPSA) is 50.4 Å². The summed E-state index contributed by atoms with van der Waals surface area (Å²) in [5, 5.41) is 8.12. The van der Waals surface area contributed by atoms with Crippen molar-refractivity contribution in [1.29, 1.82) is 0 Å². The van der Waals surface area contributed by atoms with Crippen molar-refractivity contribution >= 4 is 29.1 Å². The van der Waals surface area contributed by atoms with Crippen molar-refractivity contribution in [3.63, 3.8) is 0 Å². The Labute approximate surface area is 137 Å². The van der Waals surface area contributed by atoms with Crippen LogP contribution in [0.3, 0.4) is 0 Å². The van der Waals surface area contributed by atoms with Crippen LogP contribution in [0.4, 0.5) is 0 Å². The summed E-state index contributed by atoms with van der Waals surface area (Å²) in [4.78, 5) is 11.5. The predicted molar refractivity (Wildman–Crippen MR) is 92.9 cm³/mol. The summed E-state index contributed by atoms with van der Waals surface area (Å²) in [5.41, 5.74) is 0. The SMILES string of the molecule is CNCCNC(=O)CCCOc1cccc2ccccc12.Cl. The molecule has 0 heterocycles. The maximum atomic E-state index is 11.5. The molecule has 120 valence electrons. The third kappa shape index (κ3) is 5.54. The van der Waals surface area contributed by atoms with Gasteiger partial charge in [-0.2, -0.15) is 0 Å². The zero-order chi connectivity index (χ0) is 14.9. The molecule has 0 aromatic heterocycles. The molecule has 2 N–H and O–H groups in total. The van der Waals surface area contributed by atoms with E-state index in [0.717, 1.165) is 17.7 Å². The molecule has 0 saturated carbocycles. The molecule has 2 rings (SSSR count). The molecule has 22 heavy (non-hydrogen) atoms. The lowest BCUT2D eigenvalue weighted by atomic mass is 10.1. The standard InChI is InChI=1S/C17H22N2O2.ClH/c1-18-11-12-19-17(20)10-5-13-21-16-9-4-7-14-6-2-3-8-15(14)16;/h2-4,6-9,18H,5,10-13H2,1H3,(H,19,20);1H. The van der Waals surface area contributed by atoms with Crippen molar-refractivity contribution in [3.8, 4) is 5.75 Å². The molecule has 4 nitrogen and oxygen atoms in total. The number of ether oxygens (including phenoxy) is 1. The van der Waals surface area contributed by atoms with Gasteiger partial charge in [0.2, 0.25) is 5.91 Å². The van der Waals surface area contributed by atoms with Gasteiger partial charge in [0.1, 0.15) is 5.75 Å². The highest BCUT2D eigenvalue weighted by Gasteiger charge is 2.03. The summed E-state index contributed by atoms with van der Waals surface area (Å²) < 4.78 is 5.80. The van der Waals surface area contributed by atoms with E-state index >= 15 is 0 Å². The normalized spacial score (nSPS) is 10.0. The molecule has 0 aliphatic rings. The number of benzene rings is 2. The highest BCUT2D eigenvalue weighted by atomic mass is 35.5. The Bertz CT molecular complexity index is 584. The van der Waals surface area contributed by atoms with Gasteiger partial charge in [0.05, 0.1) is 6.61 Å². The van der Waals surface area contributed by atoms with E-state index in [1.807, 2.05) is 31.3 Å². The van der Waals surface area contributed by atoms with E-state index in [-0.39, 0.29) is 18.3 Å². The van der Waals surface area contributed by atoms with E-state index in [1.165, 1.54) is 5.39 Å². The summed E-state index contributed by atoms with van der Waals surface area (Å²) in [6, 6.07) is 14.2. The lowest BCUT2D eigenvalue weighted by Crippen LogP contribution is -2.30. The zero-order valence-corrected chi connectivity index (χ0v) is 13.6. The number of hydrogen-bond acceptors (Lipinski definition) is 3. The number of likely N-dealkylation sites (N-methyl/N-ethyl adjacent to an activating group) is 1. The van der Waals surface area contributed by atoms with Crippen molar-refractivity contribution in [2.24, 2.45) is 0 Å². The van der Waals surface area contributed by atoms with Crippen molar-refractivity contribution in [2.45, 2.75) is 12.8 Å². The predicted octanol–water partition coefficient (Wildman–Crippen LogP) is 2.76. The molecule has 1 amide bonds. The number of carbonyl (C=O) groups excluding carboxylic acids is 1. The summed E-state index contributed by atoms with van der Waals surface area (Å²) in [5.74, 6) is 0.954. The second kappa shape index (κ2) is 10.0. The van der Waals surface area contributed by atoms with Crippen LogP contribution in [0.5, 0.6) is 5.75 Å². The van der Waals surface area contributed by atoms with Gasteiger partial charge in [0.25, 0.3) is 0 Å². The third-order valence-electron chi connectivity index (χ3n) is 3.25. The Balaban J connectivity index is 0.00000242. The molecule has 0 unspecified atom stereocenters. The lowest BCUT2D eigenvalue weighted by molar-refractivity contribution is -0.121. The summed E-state index contributed by atoms with van der Waals surface area (Å²) in [6.45, 7) is 2.01. The van der Waals surface area contributed by atoms with Gasteiger partial charge >= 0.3 is 0 Å². The Kier molecular flexibility index (Phi) is 8.33. The minimum Gasteiger partial charge on any atom is -0.493 e. The molecule has 2 aromatic rings. The molecule has 0 spiro atoms. The average molecular weight is 323 g/mol. The fraction of sp³-hybridized carbons (Fsp3) is 0.353.